The summed E-state index contributed by atoms with van der Waals surface area (Å²) >= 11 is 0. The van der Waals surface area contributed by atoms with Crippen molar-refractivity contribution < 1.29 is 9.21 Å². The molecule has 3 aromatic rings. The minimum Gasteiger partial charge on any atom is -0.423 e. The van der Waals surface area contributed by atoms with Gasteiger partial charge in [0.25, 0.3) is 0 Å². The van der Waals surface area contributed by atoms with Crippen molar-refractivity contribution in [2.75, 3.05) is 11.9 Å². The Morgan fingerprint density at radius 1 is 1.07 bits per heavy atom. The second kappa shape index (κ2) is 7.61. The van der Waals surface area contributed by atoms with E-state index in [9.17, 15) is 9.59 Å². The van der Waals surface area contributed by atoms with Crippen LogP contribution in [0.3, 0.4) is 0 Å². The molecule has 138 valence electrons. The molecule has 0 spiro atoms. The van der Waals surface area contributed by atoms with Gasteiger partial charge in [-0.2, -0.15) is 0 Å². The summed E-state index contributed by atoms with van der Waals surface area (Å²) in [6.45, 7) is 0.723. The van der Waals surface area contributed by atoms with E-state index in [-0.39, 0.29) is 17.7 Å². The minimum atomic E-state index is -0.385. The molecule has 3 heterocycles. The lowest BCUT2D eigenvalue weighted by Crippen LogP contribution is -2.38. The van der Waals surface area contributed by atoms with E-state index in [1.54, 1.807) is 30.6 Å². The number of pyridine rings is 1. The van der Waals surface area contributed by atoms with Crippen molar-refractivity contribution in [2.24, 2.45) is 0 Å². The summed E-state index contributed by atoms with van der Waals surface area (Å²) < 4.78 is 5.14. The smallest absolute Gasteiger partial charge is 0.336 e. The fourth-order valence-corrected chi connectivity index (χ4v) is 3.63. The quantitative estimate of drug-likeness (QED) is 0.687. The first-order valence-electron chi connectivity index (χ1n) is 9.22. The Balaban J connectivity index is 1.58. The van der Waals surface area contributed by atoms with Crippen LogP contribution in [0, 0.1) is 0 Å². The number of likely N-dealkylation sites (tertiary alicyclic amines) is 1. The molecule has 0 bridgehead atoms. The maximum absolute atomic E-state index is 13.0. The normalized spacial score (nSPS) is 17.5. The largest absolute Gasteiger partial charge is 0.423 e. The second-order valence-electron chi connectivity index (χ2n) is 6.78. The van der Waals surface area contributed by atoms with Gasteiger partial charge in [-0.05, 0) is 54.8 Å². The van der Waals surface area contributed by atoms with E-state index < -0.39 is 0 Å². The van der Waals surface area contributed by atoms with E-state index in [1.807, 2.05) is 23.1 Å². The number of urea groups is 1. The number of hydrogen-bond acceptors (Lipinski definition) is 4. The molecule has 6 nitrogen and oxygen atoms in total. The van der Waals surface area contributed by atoms with Crippen molar-refractivity contribution >= 4 is 22.7 Å². The maximum Gasteiger partial charge on any atom is 0.336 e. The standard InChI is InChI=1S/C21H21N3O3/c25-20-8-5-16-14-17(6-7-19(16)27-20)23-21(26)24-13-3-1-2-4-18(24)15-9-11-22-12-10-15/h5-12,14,18H,1-4,13H2,(H,23,26)/t18-/m1/s1. The van der Waals surface area contributed by atoms with Crippen LogP contribution >= 0.6 is 0 Å². The Morgan fingerprint density at radius 2 is 1.93 bits per heavy atom. The lowest BCUT2D eigenvalue weighted by molar-refractivity contribution is 0.189. The molecule has 1 aliphatic rings. The molecule has 2 amide bonds. The summed E-state index contributed by atoms with van der Waals surface area (Å²) in [4.78, 5) is 30.3. The molecule has 0 unspecified atom stereocenters. The lowest BCUT2D eigenvalue weighted by Gasteiger charge is -2.30. The molecule has 1 fully saturated rings. The van der Waals surface area contributed by atoms with Crippen LogP contribution in [-0.4, -0.2) is 22.5 Å². The molecule has 1 saturated heterocycles. The highest BCUT2D eigenvalue weighted by Gasteiger charge is 2.26. The number of carbonyl (C=O) groups is 1. The molecular formula is C21H21N3O3. The third-order valence-electron chi connectivity index (χ3n) is 4.98. The predicted octanol–water partition coefficient (Wildman–Crippen LogP) is 4.34. The monoisotopic (exact) mass is 363 g/mol. The van der Waals surface area contributed by atoms with E-state index in [0.717, 1.165) is 43.2 Å². The number of fused-ring (bicyclic) bond motifs is 1. The van der Waals surface area contributed by atoms with Crippen molar-refractivity contribution in [3.63, 3.8) is 0 Å². The Kier molecular flexibility index (Phi) is 4.87. The number of aromatic nitrogens is 1. The Labute approximate surface area is 156 Å². The number of nitrogens with one attached hydrogen (secondary N) is 1. The summed E-state index contributed by atoms with van der Waals surface area (Å²) in [6, 6.07) is 12.2. The summed E-state index contributed by atoms with van der Waals surface area (Å²) in [5.74, 6) is 0. The lowest BCUT2D eigenvalue weighted by atomic mass is 10.0. The van der Waals surface area contributed by atoms with Gasteiger partial charge in [-0.15, -0.1) is 0 Å². The number of hydrogen-bond donors (Lipinski definition) is 1. The van der Waals surface area contributed by atoms with Gasteiger partial charge < -0.3 is 14.6 Å². The zero-order chi connectivity index (χ0) is 18.6. The number of anilines is 1. The van der Waals surface area contributed by atoms with Crippen LogP contribution in [0.15, 0.2) is 64.1 Å². The van der Waals surface area contributed by atoms with Gasteiger partial charge in [0, 0.05) is 36.1 Å². The highest BCUT2D eigenvalue weighted by Crippen LogP contribution is 2.30. The summed E-state index contributed by atoms with van der Waals surface area (Å²) in [6.07, 6.45) is 7.71. The zero-order valence-corrected chi connectivity index (χ0v) is 14.9. The summed E-state index contributed by atoms with van der Waals surface area (Å²) in [5, 5.41) is 3.77. The highest BCUT2D eigenvalue weighted by atomic mass is 16.4. The van der Waals surface area contributed by atoms with Crippen LogP contribution in [0.1, 0.15) is 37.3 Å². The van der Waals surface area contributed by atoms with Crippen molar-refractivity contribution in [1.29, 1.82) is 0 Å². The molecular weight excluding hydrogens is 342 g/mol. The predicted molar refractivity (Wildman–Crippen MR) is 104 cm³/mol. The number of rotatable bonds is 2. The highest BCUT2D eigenvalue weighted by molar-refractivity contribution is 5.92. The number of amides is 2. The van der Waals surface area contributed by atoms with Gasteiger partial charge in [0.15, 0.2) is 0 Å². The Bertz CT molecular complexity index is 1000. The van der Waals surface area contributed by atoms with Gasteiger partial charge >= 0.3 is 11.7 Å². The van der Waals surface area contributed by atoms with Crippen molar-refractivity contribution in [3.05, 3.63) is 70.8 Å². The Morgan fingerprint density at radius 3 is 2.78 bits per heavy atom. The number of nitrogens with zero attached hydrogens (tertiary/aromatic N) is 2. The zero-order valence-electron chi connectivity index (χ0n) is 14.9. The van der Waals surface area contributed by atoms with Crippen molar-refractivity contribution in [1.82, 2.24) is 9.88 Å². The molecule has 2 aromatic heterocycles. The van der Waals surface area contributed by atoms with Crippen LogP contribution < -0.4 is 10.9 Å². The van der Waals surface area contributed by atoms with Gasteiger partial charge in [-0.3, -0.25) is 4.98 Å². The fraction of sp³-hybridized carbons (Fsp3) is 0.286. The maximum atomic E-state index is 13.0. The van der Waals surface area contributed by atoms with Crippen LogP contribution in [0.25, 0.3) is 11.0 Å². The van der Waals surface area contributed by atoms with Gasteiger partial charge in [0.05, 0.1) is 6.04 Å². The van der Waals surface area contributed by atoms with Crippen molar-refractivity contribution in [3.8, 4) is 0 Å². The molecule has 27 heavy (non-hydrogen) atoms. The topological polar surface area (TPSA) is 75.4 Å². The average Bonchev–Trinajstić information content (AvgIpc) is 2.95. The van der Waals surface area contributed by atoms with Gasteiger partial charge in [0.1, 0.15) is 5.58 Å². The first-order chi connectivity index (χ1) is 13.2. The number of carbonyl (C=O) groups excluding carboxylic acids is 1. The molecule has 4 rings (SSSR count). The second-order valence-corrected chi connectivity index (χ2v) is 6.78. The Hall–Kier alpha value is -3.15. The molecule has 0 radical (unpaired) electrons. The third-order valence-corrected chi connectivity index (χ3v) is 4.98. The molecule has 1 aromatic carbocycles. The third kappa shape index (κ3) is 3.84. The minimum absolute atomic E-state index is 0.0500. The SMILES string of the molecule is O=C(Nc1ccc2oc(=O)ccc2c1)N1CCCCC[C@@H]1c1ccncc1. The average molecular weight is 363 g/mol. The fourth-order valence-electron chi connectivity index (χ4n) is 3.63. The first kappa shape index (κ1) is 17.3. The molecule has 0 aliphatic carbocycles. The summed E-state index contributed by atoms with van der Waals surface area (Å²) in [7, 11) is 0. The first-order valence-corrected chi connectivity index (χ1v) is 9.22. The number of benzene rings is 1. The summed E-state index contributed by atoms with van der Waals surface area (Å²) in [5.41, 5.74) is 1.91. The van der Waals surface area contributed by atoms with Gasteiger partial charge in [0.2, 0.25) is 0 Å². The molecule has 1 atom stereocenters. The molecule has 6 heteroatoms. The van der Waals surface area contributed by atoms with Gasteiger partial charge in [-0.25, -0.2) is 9.59 Å². The van der Waals surface area contributed by atoms with Gasteiger partial charge in [-0.1, -0.05) is 12.8 Å². The molecule has 1 aliphatic heterocycles. The van der Waals surface area contributed by atoms with E-state index in [2.05, 4.69) is 10.3 Å². The van der Waals surface area contributed by atoms with Crippen LogP contribution in [0.2, 0.25) is 0 Å². The van der Waals surface area contributed by atoms with E-state index in [1.165, 1.54) is 6.07 Å². The molecule has 1 N–H and O–H groups in total. The van der Waals surface area contributed by atoms with E-state index >= 15 is 0 Å². The van der Waals surface area contributed by atoms with Crippen LogP contribution in [0.5, 0.6) is 0 Å². The van der Waals surface area contributed by atoms with E-state index in [0.29, 0.717) is 11.3 Å². The van der Waals surface area contributed by atoms with Crippen LogP contribution in [0.4, 0.5) is 10.5 Å². The molecule has 0 saturated carbocycles. The van der Waals surface area contributed by atoms with E-state index in [4.69, 9.17) is 4.42 Å². The van der Waals surface area contributed by atoms with Crippen molar-refractivity contribution in [2.45, 2.75) is 31.7 Å². The van der Waals surface area contributed by atoms with Crippen LogP contribution in [-0.2, 0) is 0 Å².